The molecule has 2 N–H and O–H groups in total. The van der Waals surface area contributed by atoms with Crippen molar-refractivity contribution in [2.75, 3.05) is 26.9 Å². The topological polar surface area (TPSA) is 77.0 Å². The molecule has 0 saturated heterocycles. The number of para-hydroxylation sites is 1. The molecule has 6 heteroatoms. The molecule has 0 bridgehead atoms. The van der Waals surface area contributed by atoms with E-state index in [4.69, 9.17) is 14.2 Å². The molecule has 0 heterocycles. The van der Waals surface area contributed by atoms with Crippen molar-refractivity contribution < 1.29 is 24.1 Å². The van der Waals surface area contributed by atoms with Crippen molar-refractivity contribution in [3.05, 3.63) is 77.9 Å². The highest BCUT2D eigenvalue weighted by Crippen LogP contribution is 2.44. The molecule has 0 aromatic heterocycles. The molecule has 1 aliphatic carbocycles. The predicted molar refractivity (Wildman–Crippen MR) is 113 cm³/mol. The molecule has 0 unspecified atom stereocenters. The Labute approximate surface area is 175 Å². The average molecular weight is 405 g/mol. The normalized spacial score (nSPS) is 12.0. The highest BCUT2D eigenvalue weighted by Gasteiger charge is 2.28. The second-order valence-electron chi connectivity index (χ2n) is 6.91. The molecule has 0 saturated carbocycles. The molecule has 3 aromatic rings. The van der Waals surface area contributed by atoms with Gasteiger partial charge in [-0.25, -0.2) is 4.79 Å². The lowest BCUT2D eigenvalue weighted by atomic mass is 9.98. The third-order valence-corrected chi connectivity index (χ3v) is 5.15. The van der Waals surface area contributed by atoms with E-state index >= 15 is 0 Å². The molecular weight excluding hydrogens is 382 g/mol. The summed E-state index contributed by atoms with van der Waals surface area (Å²) in [6, 6.07) is 21.4. The van der Waals surface area contributed by atoms with Crippen molar-refractivity contribution in [1.29, 1.82) is 0 Å². The number of alkyl carbamates (subject to hydrolysis) is 1. The van der Waals surface area contributed by atoms with Crippen molar-refractivity contribution in [2.45, 2.75) is 5.92 Å². The zero-order valence-corrected chi connectivity index (χ0v) is 16.6. The van der Waals surface area contributed by atoms with Gasteiger partial charge in [-0.3, -0.25) is 0 Å². The summed E-state index contributed by atoms with van der Waals surface area (Å²) in [5.74, 6) is 0.579. The first-order chi connectivity index (χ1) is 14.7. The van der Waals surface area contributed by atoms with Crippen molar-refractivity contribution in [3.63, 3.8) is 0 Å². The maximum absolute atomic E-state index is 12.1. The highest BCUT2D eigenvalue weighted by atomic mass is 16.5. The Morgan fingerprint density at radius 2 is 1.57 bits per heavy atom. The van der Waals surface area contributed by atoms with Gasteiger partial charge in [0.25, 0.3) is 0 Å². The fourth-order valence-corrected chi connectivity index (χ4v) is 3.75. The minimum Gasteiger partial charge on any atom is -0.502 e. The lowest BCUT2D eigenvalue weighted by molar-refractivity contribution is 0.141. The van der Waals surface area contributed by atoms with Crippen LogP contribution in [0.15, 0.2) is 66.7 Å². The summed E-state index contributed by atoms with van der Waals surface area (Å²) < 4.78 is 16.0. The third-order valence-electron chi connectivity index (χ3n) is 5.15. The van der Waals surface area contributed by atoms with Crippen LogP contribution in [0, 0.1) is 0 Å². The first-order valence-electron chi connectivity index (χ1n) is 9.76. The van der Waals surface area contributed by atoms with E-state index in [1.807, 2.05) is 24.3 Å². The Morgan fingerprint density at radius 1 is 0.933 bits per heavy atom. The van der Waals surface area contributed by atoms with Gasteiger partial charge < -0.3 is 24.6 Å². The van der Waals surface area contributed by atoms with Crippen LogP contribution in [0.5, 0.6) is 17.2 Å². The minimum absolute atomic E-state index is 0.0214. The molecule has 0 radical (unpaired) electrons. The number of hydrogen-bond donors (Lipinski definition) is 2. The van der Waals surface area contributed by atoms with Crippen LogP contribution in [0.1, 0.15) is 17.0 Å². The summed E-state index contributed by atoms with van der Waals surface area (Å²) in [7, 11) is 1.47. The van der Waals surface area contributed by atoms with Gasteiger partial charge in [-0.1, -0.05) is 54.6 Å². The number of hydrogen-bond acceptors (Lipinski definition) is 5. The zero-order chi connectivity index (χ0) is 20.9. The molecule has 0 atom stereocenters. The lowest BCUT2D eigenvalue weighted by Gasteiger charge is -2.15. The fourth-order valence-electron chi connectivity index (χ4n) is 3.75. The van der Waals surface area contributed by atoms with E-state index in [1.165, 1.54) is 29.4 Å². The summed E-state index contributed by atoms with van der Waals surface area (Å²) in [4.78, 5) is 12.1. The first kappa shape index (κ1) is 19.6. The Morgan fingerprint density at radius 3 is 2.23 bits per heavy atom. The smallest absolute Gasteiger partial charge is 0.407 e. The van der Waals surface area contributed by atoms with Crippen LogP contribution in [0.2, 0.25) is 0 Å². The Bertz CT molecular complexity index is 1000. The largest absolute Gasteiger partial charge is 0.502 e. The number of phenolic OH excluding ortho intramolecular Hbond substituents is 1. The van der Waals surface area contributed by atoms with Gasteiger partial charge in [0.15, 0.2) is 11.5 Å². The summed E-state index contributed by atoms with van der Waals surface area (Å²) in [5.41, 5.74) is 4.72. The number of phenols is 1. The summed E-state index contributed by atoms with van der Waals surface area (Å²) in [6.45, 7) is 0.690. The first-order valence-corrected chi connectivity index (χ1v) is 9.76. The van der Waals surface area contributed by atoms with E-state index in [1.54, 1.807) is 18.2 Å². The molecule has 1 amide bonds. The maximum Gasteiger partial charge on any atom is 0.407 e. The number of amides is 1. The quantitative estimate of drug-likeness (QED) is 0.573. The summed E-state index contributed by atoms with van der Waals surface area (Å²) >= 11 is 0. The summed E-state index contributed by atoms with van der Waals surface area (Å²) in [6.07, 6.45) is -0.504. The molecule has 0 fully saturated rings. The monoisotopic (exact) mass is 405 g/mol. The molecular formula is C24H23NO5. The van der Waals surface area contributed by atoms with Gasteiger partial charge in [-0.05, 0) is 34.4 Å². The van der Waals surface area contributed by atoms with Crippen molar-refractivity contribution in [2.24, 2.45) is 0 Å². The van der Waals surface area contributed by atoms with Gasteiger partial charge in [0.05, 0.1) is 13.7 Å². The van der Waals surface area contributed by atoms with E-state index in [0.29, 0.717) is 11.5 Å². The Balaban J connectivity index is 1.29. The number of carbonyl (C=O) groups excluding carboxylic acids is 1. The number of ether oxygens (including phenoxy) is 3. The van der Waals surface area contributed by atoms with Crippen LogP contribution in [0.3, 0.4) is 0 Å². The molecule has 154 valence electrons. The highest BCUT2D eigenvalue weighted by molar-refractivity contribution is 5.79. The number of benzene rings is 3. The standard InChI is InChI=1S/C24H23NO5/c1-28-21-11-6-12-22(23(21)26)29-14-13-25-24(27)30-15-20-18-9-4-2-7-16(18)17-8-3-5-10-19(17)20/h2-12,20,26H,13-15H2,1H3,(H,25,27). The zero-order valence-electron chi connectivity index (χ0n) is 16.6. The Kier molecular flexibility index (Phi) is 5.75. The minimum atomic E-state index is -0.504. The number of nitrogens with one attached hydrogen (secondary N) is 1. The van der Waals surface area contributed by atoms with Crippen molar-refractivity contribution >= 4 is 6.09 Å². The number of aromatic hydroxyl groups is 1. The van der Waals surface area contributed by atoms with Crippen LogP contribution in [0.4, 0.5) is 4.79 Å². The van der Waals surface area contributed by atoms with E-state index in [-0.39, 0.29) is 31.4 Å². The number of fused-ring (bicyclic) bond motifs is 3. The molecule has 4 rings (SSSR count). The molecule has 0 aliphatic heterocycles. The second-order valence-corrected chi connectivity index (χ2v) is 6.91. The van der Waals surface area contributed by atoms with Crippen molar-refractivity contribution in [3.8, 4) is 28.4 Å². The fraction of sp³-hybridized carbons (Fsp3) is 0.208. The van der Waals surface area contributed by atoms with Gasteiger partial charge in [0, 0.05) is 5.92 Å². The van der Waals surface area contributed by atoms with E-state index in [2.05, 4.69) is 29.6 Å². The molecule has 0 spiro atoms. The average Bonchev–Trinajstić information content (AvgIpc) is 3.10. The van der Waals surface area contributed by atoms with Gasteiger partial charge in [-0.2, -0.15) is 0 Å². The van der Waals surface area contributed by atoms with Gasteiger partial charge in [0.1, 0.15) is 13.2 Å². The van der Waals surface area contributed by atoms with Crippen LogP contribution >= 0.6 is 0 Å². The molecule has 1 aliphatic rings. The van der Waals surface area contributed by atoms with E-state index in [0.717, 1.165) is 0 Å². The van der Waals surface area contributed by atoms with Gasteiger partial charge in [0.2, 0.25) is 5.75 Å². The number of carbonyl (C=O) groups is 1. The van der Waals surface area contributed by atoms with Gasteiger partial charge >= 0.3 is 6.09 Å². The van der Waals surface area contributed by atoms with Crippen LogP contribution < -0.4 is 14.8 Å². The molecule has 6 nitrogen and oxygen atoms in total. The van der Waals surface area contributed by atoms with Crippen molar-refractivity contribution in [1.82, 2.24) is 5.32 Å². The van der Waals surface area contributed by atoms with Crippen LogP contribution in [-0.2, 0) is 4.74 Å². The van der Waals surface area contributed by atoms with Gasteiger partial charge in [-0.15, -0.1) is 0 Å². The van der Waals surface area contributed by atoms with Crippen LogP contribution in [-0.4, -0.2) is 38.1 Å². The number of rotatable bonds is 7. The molecule has 3 aromatic carbocycles. The molecule has 30 heavy (non-hydrogen) atoms. The SMILES string of the molecule is COc1cccc(OCCNC(=O)OCC2c3ccccc3-c3ccccc32)c1O. The third kappa shape index (κ3) is 3.89. The predicted octanol–water partition coefficient (Wildman–Crippen LogP) is 4.32. The second kappa shape index (κ2) is 8.78. The number of methoxy groups -OCH3 is 1. The van der Waals surface area contributed by atoms with Crippen LogP contribution in [0.25, 0.3) is 11.1 Å². The van der Waals surface area contributed by atoms with E-state index in [9.17, 15) is 9.90 Å². The Hall–Kier alpha value is -3.67. The maximum atomic E-state index is 12.1. The lowest BCUT2D eigenvalue weighted by Crippen LogP contribution is -2.29. The van der Waals surface area contributed by atoms with E-state index < -0.39 is 6.09 Å². The summed E-state index contributed by atoms with van der Waals surface area (Å²) in [5, 5.41) is 12.7.